The second kappa shape index (κ2) is 7.76. The average molecular weight is 292 g/mol. The van der Waals surface area contributed by atoms with Crippen molar-refractivity contribution >= 4 is 11.9 Å². The van der Waals surface area contributed by atoms with Gasteiger partial charge in [-0.1, -0.05) is 6.07 Å². The number of nitrogens with zero attached hydrogens (tertiary/aromatic N) is 2. The van der Waals surface area contributed by atoms with Crippen LogP contribution in [0.25, 0.3) is 0 Å². The van der Waals surface area contributed by atoms with Gasteiger partial charge in [0.15, 0.2) is 0 Å². The Morgan fingerprint density at radius 3 is 2.48 bits per heavy atom. The van der Waals surface area contributed by atoms with Gasteiger partial charge in [0, 0.05) is 19.2 Å². The van der Waals surface area contributed by atoms with E-state index >= 15 is 0 Å². The summed E-state index contributed by atoms with van der Waals surface area (Å²) in [5.41, 5.74) is 0.323. The quantitative estimate of drug-likeness (QED) is 0.756. The monoisotopic (exact) mass is 292 g/mol. The molecule has 5 heteroatoms. The largest absolute Gasteiger partial charge is 0.460 e. The van der Waals surface area contributed by atoms with Crippen LogP contribution < -0.4 is 0 Å². The molecule has 21 heavy (non-hydrogen) atoms. The van der Waals surface area contributed by atoms with Crippen molar-refractivity contribution in [3.8, 4) is 0 Å². The highest BCUT2D eigenvalue weighted by Gasteiger charge is 2.19. The van der Waals surface area contributed by atoms with Crippen LogP contribution in [0.4, 0.5) is 0 Å². The van der Waals surface area contributed by atoms with Crippen LogP contribution in [0.1, 0.15) is 46.2 Å². The molecule has 0 bridgehead atoms. The van der Waals surface area contributed by atoms with Crippen molar-refractivity contribution in [1.29, 1.82) is 0 Å². The van der Waals surface area contributed by atoms with Gasteiger partial charge in [0.05, 0.1) is 18.7 Å². The lowest BCUT2D eigenvalue weighted by Crippen LogP contribution is -2.31. The van der Waals surface area contributed by atoms with Crippen LogP contribution in [0.15, 0.2) is 24.4 Å². The maximum absolute atomic E-state index is 12.1. The Morgan fingerprint density at radius 2 is 1.95 bits per heavy atom. The summed E-state index contributed by atoms with van der Waals surface area (Å²) in [6, 6.07) is 5.61. The molecule has 0 atom stereocenters. The Bertz CT molecular complexity index is 466. The molecule has 5 nitrogen and oxygen atoms in total. The van der Waals surface area contributed by atoms with Crippen LogP contribution in [0.5, 0.6) is 0 Å². The van der Waals surface area contributed by atoms with E-state index in [1.54, 1.807) is 11.1 Å². The molecule has 0 N–H and O–H groups in total. The molecule has 0 aliphatic rings. The van der Waals surface area contributed by atoms with Crippen LogP contribution in [0.3, 0.4) is 0 Å². The van der Waals surface area contributed by atoms with Gasteiger partial charge in [-0.15, -0.1) is 0 Å². The van der Waals surface area contributed by atoms with Gasteiger partial charge in [-0.2, -0.15) is 0 Å². The summed E-state index contributed by atoms with van der Waals surface area (Å²) in [7, 11) is 0. The number of hydrogen-bond acceptors (Lipinski definition) is 4. The van der Waals surface area contributed by atoms with Crippen molar-refractivity contribution in [1.82, 2.24) is 9.88 Å². The molecule has 0 radical (unpaired) electrons. The summed E-state index contributed by atoms with van der Waals surface area (Å²) in [5, 5.41) is 0. The Labute approximate surface area is 126 Å². The first-order valence-corrected chi connectivity index (χ1v) is 7.21. The molecule has 1 heterocycles. The van der Waals surface area contributed by atoms with E-state index in [0.29, 0.717) is 13.1 Å². The number of pyridine rings is 1. The van der Waals surface area contributed by atoms with Gasteiger partial charge in [0.25, 0.3) is 0 Å². The van der Waals surface area contributed by atoms with Gasteiger partial charge in [0.1, 0.15) is 5.60 Å². The molecule has 0 saturated heterocycles. The predicted octanol–water partition coefficient (Wildman–Crippen LogP) is 2.55. The van der Waals surface area contributed by atoms with E-state index in [9.17, 15) is 9.59 Å². The number of esters is 1. The molecule has 1 amide bonds. The molecular weight excluding hydrogens is 268 g/mol. The Kier molecular flexibility index (Phi) is 6.34. The summed E-state index contributed by atoms with van der Waals surface area (Å²) < 4.78 is 5.20. The third-order valence-electron chi connectivity index (χ3n) is 2.78. The normalized spacial score (nSPS) is 11.0. The van der Waals surface area contributed by atoms with Crippen molar-refractivity contribution in [2.75, 3.05) is 6.54 Å². The molecule has 1 aromatic rings. The first-order valence-electron chi connectivity index (χ1n) is 7.21. The average Bonchev–Trinajstić information content (AvgIpc) is 2.41. The van der Waals surface area contributed by atoms with Crippen molar-refractivity contribution in [3.05, 3.63) is 30.1 Å². The van der Waals surface area contributed by atoms with Crippen molar-refractivity contribution in [2.45, 2.75) is 52.7 Å². The minimum atomic E-state index is -0.515. The molecule has 1 rings (SSSR count). The van der Waals surface area contributed by atoms with E-state index in [0.717, 1.165) is 5.69 Å². The first kappa shape index (κ1) is 17.1. The number of carbonyl (C=O) groups is 2. The van der Waals surface area contributed by atoms with Crippen molar-refractivity contribution < 1.29 is 14.3 Å². The van der Waals surface area contributed by atoms with E-state index < -0.39 is 5.60 Å². The lowest BCUT2D eigenvalue weighted by Gasteiger charge is -2.22. The third kappa shape index (κ3) is 6.88. The zero-order valence-corrected chi connectivity index (χ0v) is 13.3. The van der Waals surface area contributed by atoms with Crippen LogP contribution in [0.2, 0.25) is 0 Å². The topological polar surface area (TPSA) is 59.5 Å². The van der Waals surface area contributed by atoms with Gasteiger partial charge >= 0.3 is 5.97 Å². The zero-order chi connectivity index (χ0) is 15.9. The van der Waals surface area contributed by atoms with Crippen molar-refractivity contribution in [3.63, 3.8) is 0 Å². The Morgan fingerprint density at radius 1 is 1.24 bits per heavy atom. The van der Waals surface area contributed by atoms with Crippen LogP contribution in [-0.4, -0.2) is 33.9 Å². The fourth-order valence-corrected chi connectivity index (χ4v) is 1.82. The van der Waals surface area contributed by atoms with Crippen LogP contribution in [-0.2, 0) is 20.9 Å². The maximum atomic E-state index is 12.1. The summed E-state index contributed by atoms with van der Waals surface area (Å²) in [5.74, 6) is -0.404. The van der Waals surface area contributed by atoms with E-state index in [-0.39, 0.29) is 24.7 Å². The van der Waals surface area contributed by atoms with Crippen LogP contribution in [0, 0.1) is 0 Å². The molecule has 0 fully saturated rings. The molecule has 0 spiro atoms. The van der Waals surface area contributed by atoms with E-state index in [2.05, 4.69) is 4.98 Å². The molecule has 0 aliphatic heterocycles. The van der Waals surface area contributed by atoms with Gasteiger partial charge < -0.3 is 9.64 Å². The number of hydrogen-bond donors (Lipinski definition) is 0. The SMILES string of the molecule is CCN(Cc1ccccn1)C(=O)CCC(=O)OC(C)(C)C. The molecule has 0 aromatic carbocycles. The number of carbonyl (C=O) groups excluding carboxylic acids is 2. The highest BCUT2D eigenvalue weighted by molar-refractivity contribution is 5.81. The molecule has 1 aromatic heterocycles. The number of amides is 1. The van der Waals surface area contributed by atoms with Crippen molar-refractivity contribution in [2.24, 2.45) is 0 Å². The second-order valence-corrected chi connectivity index (χ2v) is 5.82. The molecule has 0 saturated carbocycles. The number of aromatic nitrogens is 1. The summed E-state index contributed by atoms with van der Waals surface area (Å²) in [6.45, 7) is 8.40. The zero-order valence-electron chi connectivity index (χ0n) is 13.3. The fourth-order valence-electron chi connectivity index (χ4n) is 1.82. The predicted molar refractivity (Wildman–Crippen MR) is 80.4 cm³/mol. The third-order valence-corrected chi connectivity index (χ3v) is 2.78. The minimum Gasteiger partial charge on any atom is -0.460 e. The maximum Gasteiger partial charge on any atom is 0.306 e. The van der Waals surface area contributed by atoms with Gasteiger partial charge in [-0.05, 0) is 39.8 Å². The highest BCUT2D eigenvalue weighted by atomic mass is 16.6. The van der Waals surface area contributed by atoms with E-state index in [1.807, 2.05) is 45.9 Å². The number of rotatable bonds is 6. The molecule has 0 aliphatic carbocycles. The van der Waals surface area contributed by atoms with Gasteiger partial charge in [-0.3, -0.25) is 14.6 Å². The minimum absolute atomic E-state index is 0.0611. The van der Waals surface area contributed by atoms with E-state index in [1.165, 1.54) is 0 Å². The molecule has 116 valence electrons. The van der Waals surface area contributed by atoms with E-state index in [4.69, 9.17) is 4.74 Å². The van der Waals surface area contributed by atoms with Gasteiger partial charge in [0.2, 0.25) is 5.91 Å². The highest BCUT2D eigenvalue weighted by Crippen LogP contribution is 2.10. The number of ether oxygens (including phenoxy) is 1. The van der Waals surface area contributed by atoms with Gasteiger partial charge in [-0.25, -0.2) is 0 Å². The summed E-state index contributed by atoms with van der Waals surface area (Å²) in [4.78, 5) is 29.7. The first-order chi connectivity index (χ1) is 9.81. The summed E-state index contributed by atoms with van der Waals surface area (Å²) in [6.07, 6.45) is 1.97. The molecular formula is C16H24N2O3. The summed E-state index contributed by atoms with van der Waals surface area (Å²) >= 11 is 0. The second-order valence-electron chi connectivity index (χ2n) is 5.82. The van der Waals surface area contributed by atoms with Crippen LogP contribution >= 0.6 is 0 Å². The smallest absolute Gasteiger partial charge is 0.306 e. The lowest BCUT2D eigenvalue weighted by atomic mass is 10.2. The standard InChI is InChI=1S/C16H24N2O3/c1-5-18(12-13-8-6-7-11-17-13)14(19)9-10-15(20)21-16(2,3)4/h6-8,11H,5,9-10,12H2,1-4H3. The lowest BCUT2D eigenvalue weighted by molar-refractivity contribution is -0.156. The Balaban J connectivity index is 2.47. The molecule has 0 unspecified atom stereocenters. The Hall–Kier alpha value is -1.91. The fraction of sp³-hybridized carbons (Fsp3) is 0.562.